The third-order valence-electron chi connectivity index (χ3n) is 5.66. The summed E-state index contributed by atoms with van der Waals surface area (Å²) in [5.74, 6) is 0.306. The molecule has 7 heteroatoms. The van der Waals surface area contributed by atoms with Crippen LogP contribution in [-0.2, 0) is 16.1 Å². The predicted molar refractivity (Wildman–Crippen MR) is 126 cm³/mol. The van der Waals surface area contributed by atoms with Crippen molar-refractivity contribution in [3.8, 4) is 11.5 Å². The number of ether oxygens (including phenoxy) is 2. The molecule has 2 amide bonds. The van der Waals surface area contributed by atoms with Crippen LogP contribution < -0.4 is 14.8 Å². The maximum atomic E-state index is 13.5. The van der Waals surface area contributed by atoms with Gasteiger partial charge in [0, 0.05) is 18.0 Å². The first-order chi connectivity index (χ1) is 15.9. The molecule has 0 saturated carbocycles. The number of rotatable bonds is 7. The summed E-state index contributed by atoms with van der Waals surface area (Å²) < 4.78 is 10.7. The third-order valence-corrected chi connectivity index (χ3v) is 5.66. The Bertz CT molecular complexity index is 1250. The number of hydrogen-bond acceptors (Lipinski definition) is 6. The third kappa shape index (κ3) is 4.30. The van der Waals surface area contributed by atoms with E-state index in [1.807, 2.05) is 38.1 Å². The predicted octanol–water partition coefficient (Wildman–Crippen LogP) is 4.11. The van der Waals surface area contributed by atoms with E-state index in [0.717, 1.165) is 11.1 Å². The van der Waals surface area contributed by atoms with Gasteiger partial charge in [-0.05, 0) is 54.8 Å². The molecule has 2 heterocycles. The minimum Gasteiger partial charge on any atom is -0.493 e. The number of methoxy groups -OCH3 is 2. The van der Waals surface area contributed by atoms with Crippen molar-refractivity contribution in [2.75, 3.05) is 19.5 Å². The number of imide groups is 1. The van der Waals surface area contributed by atoms with Crippen LogP contribution in [0.25, 0.3) is 5.57 Å². The lowest BCUT2D eigenvalue weighted by Crippen LogP contribution is -2.32. The van der Waals surface area contributed by atoms with Crippen molar-refractivity contribution >= 4 is 23.1 Å². The summed E-state index contributed by atoms with van der Waals surface area (Å²) in [5, 5.41) is 3.16. The lowest BCUT2D eigenvalue weighted by molar-refractivity contribution is -0.137. The minimum absolute atomic E-state index is 0.0873. The number of carbonyl (C=O) groups is 2. The molecule has 2 aromatic carbocycles. The number of aryl methyl sites for hydroxylation is 2. The molecule has 0 fully saturated rings. The van der Waals surface area contributed by atoms with E-state index in [1.165, 1.54) is 4.90 Å². The Balaban J connectivity index is 1.77. The van der Waals surface area contributed by atoms with E-state index in [0.29, 0.717) is 34.0 Å². The van der Waals surface area contributed by atoms with Gasteiger partial charge >= 0.3 is 0 Å². The lowest BCUT2D eigenvalue weighted by atomic mass is 9.99. The second-order valence-electron chi connectivity index (χ2n) is 7.76. The average Bonchev–Trinajstić information content (AvgIpc) is 3.05. The quantitative estimate of drug-likeness (QED) is 0.554. The molecule has 7 nitrogen and oxygen atoms in total. The molecular formula is C26H25N3O4. The van der Waals surface area contributed by atoms with Gasteiger partial charge in [-0.1, -0.05) is 24.3 Å². The summed E-state index contributed by atoms with van der Waals surface area (Å²) in [7, 11) is 3.10. The molecule has 1 aromatic heterocycles. The molecule has 168 valence electrons. The van der Waals surface area contributed by atoms with Gasteiger partial charge in [0.05, 0.1) is 32.0 Å². The van der Waals surface area contributed by atoms with Gasteiger partial charge in [0.25, 0.3) is 11.8 Å². The zero-order chi connectivity index (χ0) is 23.5. The van der Waals surface area contributed by atoms with Crippen molar-refractivity contribution in [3.05, 3.63) is 88.9 Å². The standard InChI is InChI=1S/C26H25N3O4/c1-16-8-9-18(13-17(16)2)23-24(28-19-10-11-21(32-3)22(14-19)33-4)26(31)29(25(23)30)15-20-7-5-6-12-27-20/h5-14,28H,15H2,1-4H3. The first kappa shape index (κ1) is 22.1. The van der Waals surface area contributed by atoms with Gasteiger partial charge in [0.2, 0.25) is 0 Å². The molecule has 0 saturated heterocycles. The van der Waals surface area contributed by atoms with Gasteiger partial charge in [-0.2, -0.15) is 0 Å². The van der Waals surface area contributed by atoms with Crippen LogP contribution in [-0.4, -0.2) is 35.9 Å². The topological polar surface area (TPSA) is 80.8 Å². The van der Waals surface area contributed by atoms with Crippen LogP contribution in [0.5, 0.6) is 11.5 Å². The van der Waals surface area contributed by atoms with Crippen LogP contribution in [0.1, 0.15) is 22.4 Å². The Hall–Kier alpha value is -4.13. The molecule has 1 aliphatic heterocycles. The molecule has 3 aromatic rings. The summed E-state index contributed by atoms with van der Waals surface area (Å²) in [6.45, 7) is 4.07. The number of nitrogens with one attached hydrogen (secondary N) is 1. The fourth-order valence-electron chi connectivity index (χ4n) is 3.71. The largest absolute Gasteiger partial charge is 0.493 e. The highest BCUT2D eigenvalue weighted by Gasteiger charge is 2.39. The number of aromatic nitrogens is 1. The molecule has 0 bridgehead atoms. The minimum atomic E-state index is -0.409. The average molecular weight is 444 g/mol. The highest BCUT2D eigenvalue weighted by Crippen LogP contribution is 2.35. The fraction of sp³-hybridized carbons (Fsp3) is 0.192. The summed E-state index contributed by atoms with van der Waals surface area (Å²) in [5.41, 5.74) is 4.60. The van der Waals surface area contributed by atoms with E-state index in [-0.39, 0.29) is 18.1 Å². The van der Waals surface area contributed by atoms with Gasteiger partial charge in [-0.3, -0.25) is 19.5 Å². The Kier molecular flexibility index (Phi) is 6.13. The molecule has 0 spiro atoms. The Morgan fingerprint density at radius 1 is 0.879 bits per heavy atom. The lowest BCUT2D eigenvalue weighted by Gasteiger charge is -2.15. The Morgan fingerprint density at radius 3 is 2.33 bits per heavy atom. The Morgan fingerprint density at radius 2 is 1.67 bits per heavy atom. The van der Waals surface area contributed by atoms with Crippen molar-refractivity contribution in [3.63, 3.8) is 0 Å². The van der Waals surface area contributed by atoms with Crippen LogP contribution in [0.2, 0.25) is 0 Å². The fourth-order valence-corrected chi connectivity index (χ4v) is 3.71. The Labute approximate surface area is 192 Å². The number of anilines is 1. The maximum Gasteiger partial charge on any atom is 0.278 e. The van der Waals surface area contributed by atoms with E-state index in [9.17, 15) is 9.59 Å². The summed E-state index contributed by atoms with van der Waals surface area (Å²) in [6.07, 6.45) is 1.64. The van der Waals surface area contributed by atoms with Gasteiger partial charge in [0.1, 0.15) is 5.70 Å². The van der Waals surface area contributed by atoms with Crippen LogP contribution >= 0.6 is 0 Å². The van der Waals surface area contributed by atoms with E-state index in [1.54, 1.807) is 50.7 Å². The SMILES string of the molecule is COc1ccc(NC2=C(c3ccc(C)c(C)c3)C(=O)N(Cc3ccccn3)C2=O)cc1OC. The molecule has 0 atom stereocenters. The number of amides is 2. The maximum absolute atomic E-state index is 13.5. The highest BCUT2D eigenvalue weighted by molar-refractivity contribution is 6.36. The highest BCUT2D eigenvalue weighted by atomic mass is 16.5. The normalized spacial score (nSPS) is 13.5. The first-order valence-electron chi connectivity index (χ1n) is 10.5. The summed E-state index contributed by atoms with van der Waals surface area (Å²) in [4.78, 5) is 32.4. The molecular weight excluding hydrogens is 418 g/mol. The van der Waals surface area contributed by atoms with Crippen molar-refractivity contribution < 1.29 is 19.1 Å². The number of carbonyl (C=O) groups excluding carboxylic acids is 2. The number of pyridine rings is 1. The van der Waals surface area contributed by atoms with E-state index in [2.05, 4.69) is 10.3 Å². The number of nitrogens with zero attached hydrogens (tertiary/aromatic N) is 2. The molecule has 0 radical (unpaired) electrons. The second kappa shape index (κ2) is 9.16. The summed E-state index contributed by atoms with van der Waals surface area (Å²) in [6, 6.07) is 16.4. The van der Waals surface area contributed by atoms with E-state index in [4.69, 9.17) is 9.47 Å². The first-order valence-corrected chi connectivity index (χ1v) is 10.5. The number of hydrogen-bond donors (Lipinski definition) is 1. The molecule has 33 heavy (non-hydrogen) atoms. The van der Waals surface area contributed by atoms with Crippen LogP contribution in [0.15, 0.2) is 66.5 Å². The van der Waals surface area contributed by atoms with Crippen LogP contribution in [0.4, 0.5) is 5.69 Å². The van der Waals surface area contributed by atoms with E-state index < -0.39 is 5.91 Å². The molecule has 4 rings (SSSR count). The molecule has 0 unspecified atom stereocenters. The van der Waals surface area contributed by atoms with E-state index >= 15 is 0 Å². The van der Waals surface area contributed by atoms with Crippen molar-refractivity contribution in [1.29, 1.82) is 0 Å². The summed E-state index contributed by atoms with van der Waals surface area (Å²) >= 11 is 0. The molecule has 0 aliphatic carbocycles. The van der Waals surface area contributed by atoms with Crippen LogP contribution in [0.3, 0.4) is 0 Å². The van der Waals surface area contributed by atoms with Crippen molar-refractivity contribution in [1.82, 2.24) is 9.88 Å². The molecule has 1 N–H and O–H groups in total. The van der Waals surface area contributed by atoms with Crippen LogP contribution in [0, 0.1) is 13.8 Å². The number of benzene rings is 2. The zero-order valence-corrected chi connectivity index (χ0v) is 19.0. The monoisotopic (exact) mass is 443 g/mol. The van der Waals surface area contributed by atoms with Gasteiger partial charge in [-0.25, -0.2) is 0 Å². The smallest absolute Gasteiger partial charge is 0.278 e. The van der Waals surface area contributed by atoms with Gasteiger partial charge in [0.15, 0.2) is 11.5 Å². The zero-order valence-electron chi connectivity index (χ0n) is 19.0. The molecule has 1 aliphatic rings. The van der Waals surface area contributed by atoms with Crippen molar-refractivity contribution in [2.24, 2.45) is 0 Å². The van der Waals surface area contributed by atoms with Crippen molar-refractivity contribution in [2.45, 2.75) is 20.4 Å². The second-order valence-corrected chi connectivity index (χ2v) is 7.76. The van der Waals surface area contributed by atoms with Gasteiger partial charge in [-0.15, -0.1) is 0 Å². The van der Waals surface area contributed by atoms with Gasteiger partial charge < -0.3 is 14.8 Å².